The van der Waals surface area contributed by atoms with Gasteiger partial charge >= 0.3 is 0 Å². The molecule has 0 saturated carbocycles. The fraction of sp³-hybridized carbons (Fsp3) is 1.00. The molecule has 7 heavy (non-hydrogen) atoms. The maximum absolute atomic E-state index is 3.08. The fourth-order valence-electron chi connectivity index (χ4n) is 0.125. The molecule has 0 bridgehead atoms. The van der Waals surface area contributed by atoms with Crippen LogP contribution in [0.1, 0.15) is 13.8 Å². The zero-order chi connectivity index (χ0) is 5.91. The normalized spacial score (nSPS) is 12.0. The summed E-state index contributed by atoms with van der Waals surface area (Å²) in [6.45, 7) is 4.15. The van der Waals surface area contributed by atoms with Gasteiger partial charge in [0.2, 0.25) is 0 Å². The molecule has 0 fully saturated rings. The van der Waals surface area contributed by atoms with E-state index in [0.29, 0.717) is 0 Å². The summed E-state index contributed by atoms with van der Waals surface area (Å²) in [5, 5.41) is 6.16. The van der Waals surface area contributed by atoms with Crippen LogP contribution in [-0.4, -0.2) is 19.8 Å². The van der Waals surface area contributed by atoms with E-state index in [1.54, 1.807) is 0 Å². The van der Waals surface area contributed by atoms with Gasteiger partial charge in [0, 0.05) is 0 Å². The second-order valence-corrected chi connectivity index (χ2v) is 2.12. The maximum Gasteiger partial charge on any atom is 0.0624 e. The maximum atomic E-state index is 3.08. The van der Waals surface area contributed by atoms with Crippen LogP contribution in [0.25, 0.3) is 0 Å². The van der Waals surface area contributed by atoms with Crippen molar-refractivity contribution in [2.24, 2.45) is 0 Å². The summed E-state index contributed by atoms with van der Waals surface area (Å²) in [4.78, 5) is 0. The van der Waals surface area contributed by atoms with Crippen LogP contribution in [0, 0.1) is 0 Å². The summed E-state index contributed by atoms with van der Waals surface area (Å²) in [5.41, 5.74) is 0.0833. The lowest BCUT2D eigenvalue weighted by Gasteiger charge is -2.22. The van der Waals surface area contributed by atoms with Crippen LogP contribution in [0.3, 0.4) is 0 Å². The van der Waals surface area contributed by atoms with Crippen LogP contribution in [-0.2, 0) is 0 Å². The van der Waals surface area contributed by atoms with Gasteiger partial charge in [-0.3, -0.25) is 0 Å². The first-order valence-corrected chi connectivity index (χ1v) is 2.50. The molecular weight excluding hydrogens is 88.1 g/mol. The van der Waals surface area contributed by atoms with Crippen molar-refractivity contribution in [2.75, 3.05) is 14.1 Å². The highest BCUT2D eigenvalue weighted by Crippen LogP contribution is 1.89. The van der Waals surface area contributed by atoms with E-state index in [1.165, 1.54) is 0 Å². The summed E-state index contributed by atoms with van der Waals surface area (Å²) in [6, 6.07) is 0. The summed E-state index contributed by atoms with van der Waals surface area (Å²) in [6.07, 6.45) is 0. The second kappa shape index (κ2) is 2.28. The Morgan fingerprint density at radius 2 is 1.29 bits per heavy atom. The average Bonchev–Trinajstić information content (AvgIpc) is 1.68. The van der Waals surface area contributed by atoms with E-state index in [0.717, 1.165) is 0 Å². The number of hydrogen-bond acceptors (Lipinski definition) is 2. The largest absolute Gasteiger partial charge is 0.303 e. The molecule has 0 unspecified atom stereocenters. The van der Waals surface area contributed by atoms with Crippen molar-refractivity contribution in [3.05, 3.63) is 0 Å². The van der Waals surface area contributed by atoms with Crippen LogP contribution in [0.5, 0.6) is 0 Å². The lowest BCUT2D eigenvalue weighted by Crippen LogP contribution is -2.47. The highest BCUT2D eigenvalue weighted by atomic mass is 15.1. The Morgan fingerprint density at radius 1 is 1.00 bits per heavy atom. The third-order valence-corrected chi connectivity index (χ3v) is 1.25. The number of rotatable bonds is 2. The van der Waals surface area contributed by atoms with Crippen molar-refractivity contribution >= 4 is 0 Å². The van der Waals surface area contributed by atoms with Gasteiger partial charge in [-0.15, -0.1) is 0 Å². The molecule has 0 amide bonds. The van der Waals surface area contributed by atoms with E-state index >= 15 is 0 Å². The van der Waals surface area contributed by atoms with E-state index in [9.17, 15) is 0 Å². The van der Waals surface area contributed by atoms with Crippen molar-refractivity contribution in [1.29, 1.82) is 0 Å². The van der Waals surface area contributed by atoms with Crippen LogP contribution in [0.2, 0.25) is 0 Å². The van der Waals surface area contributed by atoms with Crippen molar-refractivity contribution in [3.63, 3.8) is 0 Å². The van der Waals surface area contributed by atoms with E-state index in [1.807, 2.05) is 14.1 Å². The van der Waals surface area contributed by atoms with Gasteiger partial charge < -0.3 is 10.6 Å². The standard InChI is InChI=1S/C5H14N2/c1-5(2,6-3)7-4/h6-7H,1-4H3. The molecule has 0 aliphatic rings. The summed E-state index contributed by atoms with van der Waals surface area (Å²) in [5.74, 6) is 0. The van der Waals surface area contributed by atoms with Gasteiger partial charge in [-0.25, -0.2) is 0 Å². The molecule has 2 nitrogen and oxygen atoms in total. The molecule has 0 spiro atoms. The van der Waals surface area contributed by atoms with Crippen LogP contribution in [0.4, 0.5) is 0 Å². The van der Waals surface area contributed by atoms with Gasteiger partial charge in [0.15, 0.2) is 0 Å². The van der Waals surface area contributed by atoms with E-state index in [-0.39, 0.29) is 5.66 Å². The first kappa shape index (κ1) is 6.92. The summed E-state index contributed by atoms with van der Waals surface area (Å²) < 4.78 is 0. The number of hydrogen-bond donors (Lipinski definition) is 2. The van der Waals surface area contributed by atoms with Crippen molar-refractivity contribution in [1.82, 2.24) is 10.6 Å². The minimum absolute atomic E-state index is 0.0833. The van der Waals surface area contributed by atoms with Gasteiger partial charge in [0.25, 0.3) is 0 Å². The molecule has 0 aliphatic heterocycles. The van der Waals surface area contributed by atoms with Crippen LogP contribution < -0.4 is 10.6 Å². The Morgan fingerprint density at radius 3 is 1.29 bits per heavy atom. The topological polar surface area (TPSA) is 24.1 Å². The smallest absolute Gasteiger partial charge is 0.0624 e. The molecule has 0 saturated heterocycles. The first-order valence-electron chi connectivity index (χ1n) is 2.50. The Hall–Kier alpha value is -0.0800. The third-order valence-electron chi connectivity index (χ3n) is 1.25. The second-order valence-electron chi connectivity index (χ2n) is 2.12. The molecule has 0 aliphatic carbocycles. The zero-order valence-corrected chi connectivity index (χ0v) is 5.50. The molecule has 0 aromatic rings. The van der Waals surface area contributed by atoms with Crippen LogP contribution in [0.15, 0.2) is 0 Å². The highest BCUT2D eigenvalue weighted by Gasteiger charge is 2.07. The van der Waals surface area contributed by atoms with E-state index < -0.39 is 0 Å². The van der Waals surface area contributed by atoms with Gasteiger partial charge in [-0.05, 0) is 27.9 Å². The van der Waals surface area contributed by atoms with Crippen molar-refractivity contribution in [3.8, 4) is 0 Å². The predicted octanol–water partition coefficient (Wildman–Crippen LogP) is 0.161. The minimum atomic E-state index is 0.0833. The first-order chi connectivity index (χ1) is 3.12. The molecule has 0 aromatic heterocycles. The van der Waals surface area contributed by atoms with E-state index in [4.69, 9.17) is 0 Å². The molecule has 0 heterocycles. The Labute approximate surface area is 45.3 Å². The Kier molecular flexibility index (Phi) is 2.26. The summed E-state index contributed by atoms with van der Waals surface area (Å²) in [7, 11) is 3.85. The molecule has 0 rings (SSSR count). The third kappa shape index (κ3) is 2.60. The number of nitrogens with one attached hydrogen (secondary N) is 2. The Balaban J connectivity index is 3.36. The average molecular weight is 102 g/mol. The van der Waals surface area contributed by atoms with Gasteiger partial charge in [0.05, 0.1) is 5.66 Å². The SMILES string of the molecule is CNC(C)(C)NC. The molecule has 2 N–H and O–H groups in total. The molecule has 2 heteroatoms. The monoisotopic (exact) mass is 102 g/mol. The quantitative estimate of drug-likeness (QED) is 0.485. The van der Waals surface area contributed by atoms with Gasteiger partial charge in [-0.1, -0.05) is 0 Å². The van der Waals surface area contributed by atoms with Crippen molar-refractivity contribution in [2.45, 2.75) is 19.5 Å². The molecule has 44 valence electrons. The van der Waals surface area contributed by atoms with Crippen molar-refractivity contribution < 1.29 is 0 Å². The molecule has 0 atom stereocenters. The zero-order valence-electron chi connectivity index (χ0n) is 5.50. The van der Waals surface area contributed by atoms with E-state index in [2.05, 4.69) is 24.5 Å². The highest BCUT2D eigenvalue weighted by molar-refractivity contribution is 4.67. The lowest BCUT2D eigenvalue weighted by atomic mass is 10.3. The van der Waals surface area contributed by atoms with Gasteiger partial charge in [0.1, 0.15) is 0 Å². The molecular formula is C5H14N2. The summed E-state index contributed by atoms with van der Waals surface area (Å²) >= 11 is 0. The fourth-order valence-corrected chi connectivity index (χ4v) is 0.125. The van der Waals surface area contributed by atoms with Crippen LogP contribution >= 0.6 is 0 Å². The molecule has 0 radical (unpaired) electrons. The molecule has 0 aromatic carbocycles. The van der Waals surface area contributed by atoms with Gasteiger partial charge in [-0.2, -0.15) is 0 Å². The lowest BCUT2D eigenvalue weighted by molar-refractivity contribution is 0.363. The Bertz CT molecular complexity index is 44.0. The predicted molar refractivity (Wildman–Crippen MR) is 32.2 cm³/mol. The minimum Gasteiger partial charge on any atom is -0.303 e.